The van der Waals surface area contributed by atoms with Crippen molar-refractivity contribution in [3.05, 3.63) is 46.9 Å². The van der Waals surface area contributed by atoms with Crippen molar-refractivity contribution in [2.24, 2.45) is 0 Å². The second-order valence-electron chi connectivity index (χ2n) is 6.57. The summed E-state index contributed by atoms with van der Waals surface area (Å²) in [5, 5.41) is 17.1. The van der Waals surface area contributed by atoms with Crippen molar-refractivity contribution in [1.82, 2.24) is 9.97 Å². The zero-order valence-electron chi connectivity index (χ0n) is 16.5. The van der Waals surface area contributed by atoms with E-state index >= 15 is 0 Å². The average molecular weight is 616 g/mol. The predicted octanol–water partition coefficient (Wildman–Crippen LogP) is 4.73. The van der Waals surface area contributed by atoms with Crippen LogP contribution >= 0.6 is 0 Å². The summed E-state index contributed by atoms with van der Waals surface area (Å²) in [6.45, 7) is 6.39. The van der Waals surface area contributed by atoms with E-state index in [1.165, 1.54) is 13.1 Å². The quantitative estimate of drug-likeness (QED) is 0.387. The summed E-state index contributed by atoms with van der Waals surface area (Å²) in [6.07, 6.45) is -8.86. The summed E-state index contributed by atoms with van der Waals surface area (Å²) in [6, 6.07) is 2.56. The molecule has 0 saturated heterocycles. The number of aliphatic hydroxyl groups is 2. The molecule has 171 valence electrons. The van der Waals surface area contributed by atoms with E-state index < -0.39 is 29.0 Å². The van der Waals surface area contributed by atoms with Gasteiger partial charge >= 0.3 is 12.4 Å². The third kappa shape index (κ3) is 9.07. The Kier molecular flexibility index (Phi) is 10.6. The molecule has 2 unspecified atom stereocenters. The number of nitrogens with zero attached hydrogens (tertiary/aromatic N) is 2. The van der Waals surface area contributed by atoms with E-state index in [9.17, 15) is 26.3 Å². The van der Waals surface area contributed by atoms with Gasteiger partial charge < -0.3 is 15.2 Å². The molecule has 0 aliphatic rings. The number of rotatable bonds is 3. The Balaban J connectivity index is 0.000000909. The molecule has 0 saturated carbocycles. The Morgan fingerprint density at radius 2 is 1.50 bits per heavy atom. The minimum Gasteiger partial charge on any atom is -0.393 e. The van der Waals surface area contributed by atoms with Crippen molar-refractivity contribution in [2.45, 2.75) is 58.7 Å². The zero-order valence-corrected chi connectivity index (χ0v) is 18.9. The Morgan fingerprint density at radius 1 is 0.967 bits per heavy atom. The second-order valence-corrected chi connectivity index (χ2v) is 6.57. The minimum absolute atomic E-state index is 0. The summed E-state index contributed by atoms with van der Waals surface area (Å²) < 4.78 is 76.7. The molecule has 0 aliphatic heterocycles. The number of aliphatic hydroxyl groups excluding tert-OH is 2. The van der Waals surface area contributed by atoms with Crippen molar-refractivity contribution in [1.29, 1.82) is 0 Å². The fraction of sp³-hybridized carbons (Fsp3) is 0.474. The Morgan fingerprint density at radius 3 is 1.87 bits per heavy atom. The van der Waals surface area contributed by atoms with E-state index in [0.717, 1.165) is 0 Å². The molecule has 2 aromatic rings. The number of aromatic nitrogens is 2. The summed E-state index contributed by atoms with van der Waals surface area (Å²) >= 11 is 0. The van der Waals surface area contributed by atoms with Crippen LogP contribution in [0.5, 0.6) is 0 Å². The van der Waals surface area contributed by atoms with Crippen LogP contribution in [0.25, 0.3) is 11.3 Å². The van der Waals surface area contributed by atoms with Gasteiger partial charge in [0.1, 0.15) is 0 Å². The van der Waals surface area contributed by atoms with Gasteiger partial charge in [-0.3, -0.25) is 4.98 Å². The van der Waals surface area contributed by atoms with Gasteiger partial charge in [-0.25, -0.2) is 0 Å². The van der Waals surface area contributed by atoms with E-state index in [2.05, 4.69) is 9.97 Å². The van der Waals surface area contributed by atoms with Gasteiger partial charge in [0.25, 0.3) is 0 Å². The van der Waals surface area contributed by atoms with E-state index in [-0.39, 0.29) is 49.8 Å². The molecule has 1 radical (unpaired) electrons. The molecule has 1 aromatic carbocycles. The Bertz CT molecular complexity index is 785. The second kappa shape index (κ2) is 11.2. The first-order valence-corrected chi connectivity index (χ1v) is 8.49. The molecule has 11 heteroatoms. The maximum Gasteiger partial charge on any atom is 0.399 e. The number of halogens is 6. The molecule has 1 heterocycles. The number of hydrogen-bond acceptors (Lipinski definition) is 4. The fourth-order valence-electron chi connectivity index (χ4n) is 2.37. The van der Waals surface area contributed by atoms with Crippen LogP contribution in [0.1, 0.15) is 42.8 Å². The fourth-order valence-corrected chi connectivity index (χ4v) is 2.37. The maximum absolute atomic E-state index is 12.8. The summed E-state index contributed by atoms with van der Waals surface area (Å²) in [7, 11) is 0. The van der Waals surface area contributed by atoms with Crippen LogP contribution in [0.15, 0.2) is 18.3 Å². The molecule has 1 aromatic heterocycles. The van der Waals surface area contributed by atoms with Gasteiger partial charge in [0.05, 0.1) is 17.9 Å². The Labute approximate surface area is 183 Å². The summed E-state index contributed by atoms with van der Waals surface area (Å²) in [5.74, 6) is 0. The van der Waals surface area contributed by atoms with E-state index in [1.54, 1.807) is 20.8 Å². The summed E-state index contributed by atoms with van der Waals surface area (Å²) in [4.78, 5) is 7.85. The molecule has 0 bridgehead atoms. The first-order valence-electron chi connectivity index (χ1n) is 8.49. The van der Waals surface area contributed by atoms with E-state index in [4.69, 9.17) is 10.2 Å². The van der Waals surface area contributed by atoms with Crippen LogP contribution in [0, 0.1) is 19.9 Å². The van der Waals surface area contributed by atoms with Crippen LogP contribution in [0.3, 0.4) is 0 Å². The van der Waals surface area contributed by atoms with Crippen LogP contribution in [-0.4, -0.2) is 32.4 Å². The van der Waals surface area contributed by atoms with Crippen LogP contribution in [0.4, 0.5) is 26.3 Å². The van der Waals surface area contributed by atoms with Crippen molar-refractivity contribution in [2.75, 3.05) is 0 Å². The molecule has 4 nitrogen and oxygen atoms in total. The maximum atomic E-state index is 12.8. The average Bonchev–Trinajstić information content (AvgIpc) is 2.52. The monoisotopic (exact) mass is 616 g/mol. The number of aryl methyl sites for hydroxylation is 2. The van der Waals surface area contributed by atoms with Gasteiger partial charge in [0.15, 0.2) is 0 Å². The van der Waals surface area contributed by atoms with Gasteiger partial charge in [0, 0.05) is 37.7 Å². The minimum atomic E-state index is -4.94. The smallest absolute Gasteiger partial charge is 0.393 e. The molecule has 0 amide bonds. The molecular weight excluding hydrogens is 594 g/mol. The standard InChI is InChI=1S/C14H9F6N2.C5H12O2.Ir/c1-7-6-21-12(8(2)22-7)9-3-10(13(15,16)17)5-11(4-9)14(18,19)20;1-4(6)3-5(2)7;/h3,5-6H,1-2H3;4-7H,3H2,1-2H3;/q-1;;. The largest absolute Gasteiger partial charge is 0.399 e. The van der Waals surface area contributed by atoms with Crippen LogP contribution in [-0.2, 0) is 32.5 Å². The third-order valence-corrected chi connectivity index (χ3v) is 3.51. The van der Waals surface area contributed by atoms with E-state index in [1.807, 2.05) is 6.07 Å². The van der Waals surface area contributed by atoms with Gasteiger partial charge in [-0.2, -0.15) is 26.3 Å². The van der Waals surface area contributed by atoms with Crippen molar-refractivity contribution >= 4 is 0 Å². The molecular formula is C19H21F6IrN2O2-. The molecule has 30 heavy (non-hydrogen) atoms. The predicted molar refractivity (Wildman–Crippen MR) is 93.8 cm³/mol. The van der Waals surface area contributed by atoms with Crippen molar-refractivity contribution in [3.8, 4) is 11.3 Å². The Hall–Kier alpha value is -1.55. The van der Waals surface area contributed by atoms with Gasteiger partial charge in [-0.15, -0.1) is 23.8 Å². The van der Waals surface area contributed by atoms with E-state index in [0.29, 0.717) is 18.2 Å². The molecule has 2 N–H and O–H groups in total. The zero-order chi connectivity index (χ0) is 22.6. The first-order chi connectivity index (χ1) is 13.1. The van der Waals surface area contributed by atoms with Gasteiger partial charge in [0.2, 0.25) is 0 Å². The third-order valence-electron chi connectivity index (χ3n) is 3.51. The molecule has 0 aliphatic carbocycles. The van der Waals surface area contributed by atoms with Crippen LogP contribution < -0.4 is 0 Å². The number of alkyl halides is 6. The molecule has 2 rings (SSSR count). The summed E-state index contributed by atoms with van der Waals surface area (Å²) in [5.41, 5.74) is -2.64. The van der Waals surface area contributed by atoms with Crippen molar-refractivity contribution < 1.29 is 56.7 Å². The first kappa shape index (κ1) is 28.4. The molecule has 0 fully saturated rings. The van der Waals surface area contributed by atoms with Gasteiger partial charge in [-0.05, 0) is 45.2 Å². The van der Waals surface area contributed by atoms with Crippen LogP contribution in [0.2, 0.25) is 0 Å². The number of hydrogen-bond donors (Lipinski definition) is 2. The number of benzene rings is 1. The topological polar surface area (TPSA) is 66.2 Å². The normalized spacial score (nSPS) is 13.6. The van der Waals surface area contributed by atoms with Crippen molar-refractivity contribution in [3.63, 3.8) is 0 Å². The molecule has 2 atom stereocenters. The SMILES string of the molecule is CC(O)CC(C)O.Cc1cnc(-c2[c-]c(C(F)(F)F)cc(C(F)(F)F)c2)c(C)n1.[Ir]. The molecule has 0 spiro atoms. The van der Waals surface area contributed by atoms with Gasteiger partial charge in [-0.1, -0.05) is 0 Å².